The molecule has 0 aliphatic carbocycles. The number of esters is 2. The summed E-state index contributed by atoms with van der Waals surface area (Å²) in [6, 6.07) is 6.29. The van der Waals surface area contributed by atoms with Gasteiger partial charge in [0.15, 0.2) is 5.69 Å². The predicted molar refractivity (Wildman–Crippen MR) is 107 cm³/mol. The summed E-state index contributed by atoms with van der Waals surface area (Å²) >= 11 is 0. The molecule has 0 unspecified atom stereocenters. The summed E-state index contributed by atoms with van der Waals surface area (Å²) in [4.78, 5) is 31.7. The van der Waals surface area contributed by atoms with Crippen LogP contribution in [0.5, 0.6) is 11.5 Å². The molecule has 10 nitrogen and oxygen atoms in total. The van der Waals surface area contributed by atoms with Crippen molar-refractivity contribution in [2.24, 2.45) is 0 Å². The van der Waals surface area contributed by atoms with Crippen LogP contribution in [0.2, 0.25) is 0 Å². The van der Waals surface area contributed by atoms with Crippen LogP contribution in [0, 0.1) is 0 Å². The van der Waals surface area contributed by atoms with Gasteiger partial charge < -0.3 is 19.5 Å². The molecule has 0 saturated carbocycles. The fourth-order valence-electron chi connectivity index (χ4n) is 2.29. The molecule has 2 rings (SSSR count). The Morgan fingerprint density at radius 3 is 2.37 bits per heavy atom. The van der Waals surface area contributed by atoms with Crippen molar-refractivity contribution in [3.05, 3.63) is 36.2 Å². The molecule has 0 aliphatic heterocycles. The Morgan fingerprint density at radius 2 is 1.77 bits per heavy atom. The van der Waals surface area contributed by atoms with E-state index >= 15 is 0 Å². The number of methoxy groups -OCH3 is 2. The van der Waals surface area contributed by atoms with Gasteiger partial charge in [-0.3, -0.25) is 4.79 Å². The molecule has 2 aromatic rings. The number of nitrogens with zero attached hydrogens (tertiary/aromatic N) is 2. The summed E-state index contributed by atoms with van der Waals surface area (Å²) in [7, 11) is -0.923. The van der Waals surface area contributed by atoms with Crippen LogP contribution in [-0.2, 0) is 19.4 Å². The molecule has 0 fully saturated rings. The minimum absolute atomic E-state index is 0.179. The number of rotatable bonds is 10. The standard InChI is InChI=1S/C19H23N3O7S/c1-4-30(25,26)19-21-12-15(20-11-5-6-16(23)28-3)17(22-19)18(24)29-14-9-7-13(27-2)8-10-14/h7-10,12,20H,4-6,11H2,1-3H3. The Morgan fingerprint density at radius 1 is 1.10 bits per heavy atom. The first-order valence-electron chi connectivity index (χ1n) is 9.07. The summed E-state index contributed by atoms with van der Waals surface area (Å²) in [6.07, 6.45) is 1.81. The van der Waals surface area contributed by atoms with Crippen molar-refractivity contribution in [3.63, 3.8) is 0 Å². The molecule has 11 heteroatoms. The normalized spacial score (nSPS) is 10.9. The first-order chi connectivity index (χ1) is 14.3. The minimum Gasteiger partial charge on any atom is -0.497 e. The maximum absolute atomic E-state index is 12.7. The monoisotopic (exact) mass is 437 g/mol. The van der Waals surface area contributed by atoms with Crippen molar-refractivity contribution >= 4 is 27.5 Å². The second kappa shape index (κ2) is 10.5. The van der Waals surface area contributed by atoms with Crippen molar-refractivity contribution in [2.45, 2.75) is 24.9 Å². The molecule has 0 amide bonds. The Labute approximate surface area is 174 Å². The van der Waals surface area contributed by atoms with E-state index in [1.54, 1.807) is 12.1 Å². The van der Waals surface area contributed by atoms with E-state index in [-0.39, 0.29) is 35.3 Å². The van der Waals surface area contributed by atoms with E-state index in [4.69, 9.17) is 9.47 Å². The number of sulfone groups is 1. The lowest BCUT2D eigenvalue weighted by atomic mass is 10.3. The highest BCUT2D eigenvalue weighted by atomic mass is 32.2. The third-order valence-corrected chi connectivity index (χ3v) is 5.50. The number of benzene rings is 1. The molecular formula is C19H23N3O7S. The number of anilines is 1. The molecule has 0 saturated heterocycles. The van der Waals surface area contributed by atoms with Crippen molar-refractivity contribution in [1.29, 1.82) is 0 Å². The third kappa shape index (κ3) is 6.14. The molecule has 30 heavy (non-hydrogen) atoms. The zero-order chi connectivity index (χ0) is 22.1. The second-order valence-corrected chi connectivity index (χ2v) is 8.16. The van der Waals surface area contributed by atoms with Crippen LogP contribution < -0.4 is 14.8 Å². The van der Waals surface area contributed by atoms with Crippen molar-refractivity contribution in [2.75, 3.05) is 31.8 Å². The Bertz CT molecular complexity index is 992. The fraction of sp³-hybridized carbons (Fsp3) is 0.368. The first kappa shape index (κ1) is 23.1. The molecule has 0 bridgehead atoms. The van der Waals surface area contributed by atoms with Crippen LogP contribution in [0.1, 0.15) is 30.3 Å². The van der Waals surface area contributed by atoms with Crippen LogP contribution in [0.3, 0.4) is 0 Å². The van der Waals surface area contributed by atoms with Crippen LogP contribution in [0.4, 0.5) is 5.69 Å². The maximum atomic E-state index is 12.7. The molecule has 0 spiro atoms. The van der Waals surface area contributed by atoms with E-state index in [2.05, 4.69) is 20.0 Å². The highest BCUT2D eigenvalue weighted by molar-refractivity contribution is 7.91. The summed E-state index contributed by atoms with van der Waals surface area (Å²) < 4.78 is 39.2. The topological polar surface area (TPSA) is 134 Å². The number of carbonyl (C=O) groups is 2. The van der Waals surface area contributed by atoms with Gasteiger partial charge in [0.05, 0.1) is 31.9 Å². The number of hydrogen-bond donors (Lipinski definition) is 1. The van der Waals surface area contributed by atoms with E-state index in [9.17, 15) is 18.0 Å². The highest BCUT2D eigenvalue weighted by Gasteiger charge is 2.23. The van der Waals surface area contributed by atoms with Gasteiger partial charge in [-0.1, -0.05) is 6.92 Å². The van der Waals surface area contributed by atoms with E-state index < -0.39 is 21.0 Å². The lowest BCUT2D eigenvalue weighted by Crippen LogP contribution is -2.19. The lowest BCUT2D eigenvalue weighted by Gasteiger charge is -2.12. The van der Waals surface area contributed by atoms with E-state index in [0.717, 1.165) is 0 Å². The summed E-state index contributed by atoms with van der Waals surface area (Å²) in [6.45, 7) is 1.76. The molecule has 1 N–H and O–H groups in total. The van der Waals surface area contributed by atoms with Gasteiger partial charge in [0.2, 0.25) is 15.0 Å². The quantitative estimate of drug-likeness (QED) is 0.254. The van der Waals surface area contributed by atoms with Crippen LogP contribution in [0.25, 0.3) is 0 Å². The molecule has 1 aromatic carbocycles. The predicted octanol–water partition coefficient (Wildman–Crippen LogP) is 1.86. The SMILES string of the molecule is CCS(=O)(=O)c1ncc(NCCCC(=O)OC)c(C(=O)Oc2ccc(OC)cc2)n1. The molecule has 1 aromatic heterocycles. The van der Waals surface area contributed by atoms with E-state index in [1.807, 2.05) is 0 Å². The number of nitrogens with one attached hydrogen (secondary N) is 1. The van der Waals surface area contributed by atoms with Crippen molar-refractivity contribution < 1.29 is 32.2 Å². The third-order valence-electron chi connectivity index (χ3n) is 3.99. The Balaban J connectivity index is 2.25. The largest absolute Gasteiger partial charge is 0.497 e. The zero-order valence-electron chi connectivity index (χ0n) is 16.9. The maximum Gasteiger partial charge on any atom is 0.364 e. The van der Waals surface area contributed by atoms with Crippen LogP contribution >= 0.6 is 0 Å². The molecule has 162 valence electrons. The number of aromatic nitrogens is 2. The average molecular weight is 437 g/mol. The van der Waals surface area contributed by atoms with Gasteiger partial charge in [-0.2, -0.15) is 0 Å². The highest BCUT2D eigenvalue weighted by Crippen LogP contribution is 2.21. The van der Waals surface area contributed by atoms with Gasteiger partial charge in [-0.05, 0) is 30.7 Å². The molecule has 0 aliphatic rings. The van der Waals surface area contributed by atoms with Gasteiger partial charge >= 0.3 is 11.9 Å². The average Bonchev–Trinajstić information content (AvgIpc) is 2.76. The van der Waals surface area contributed by atoms with Gasteiger partial charge in [0, 0.05) is 13.0 Å². The molecule has 1 heterocycles. The first-order valence-corrected chi connectivity index (χ1v) is 10.7. The smallest absolute Gasteiger partial charge is 0.364 e. The lowest BCUT2D eigenvalue weighted by molar-refractivity contribution is -0.140. The van der Waals surface area contributed by atoms with Gasteiger partial charge in [0.1, 0.15) is 11.5 Å². The summed E-state index contributed by atoms with van der Waals surface area (Å²) in [5.74, 6) is -0.620. The Hall–Kier alpha value is -3.21. The summed E-state index contributed by atoms with van der Waals surface area (Å²) in [5.41, 5.74) is -0.0423. The molecule has 0 radical (unpaired) electrons. The van der Waals surface area contributed by atoms with Crippen molar-refractivity contribution in [1.82, 2.24) is 9.97 Å². The minimum atomic E-state index is -3.73. The Kier molecular flexibility index (Phi) is 8.10. The van der Waals surface area contributed by atoms with Crippen molar-refractivity contribution in [3.8, 4) is 11.5 Å². The van der Waals surface area contributed by atoms with Gasteiger partial charge in [0.25, 0.3) is 0 Å². The molecular weight excluding hydrogens is 414 g/mol. The van der Waals surface area contributed by atoms with Gasteiger partial charge in [-0.25, -0.2) is 23.2 Å². The van der Waals surface area contributed by atoms with E-state index in [1.165, 1.54) is 39.5 Å². The molecule has 0 atom stereocenters. The van der Waals surface area contributed by atoms with E-state index in [0.29, 0.717) is 18.7 Å². The summed E-state index contributed by atoms with van der Waals surface area (Å²) in [5, 5.41) is 2.46. The number of carbonyl (C=O) groups excluding carboxylic acids is 2. The number of ether oxygens (including phenoxy) is 3. The second-order valence-electron chi connectivity index (χ2n) is 5.99. The van der Waals surface area contributed by atoms with Gasteiger partial charge in [-0.15, -0.1) is 0 Å². The van der Waals surface area contributed by atoms with Crippen LogP contribution in [-0.4, -0.2) is 56.8 Å². The zero-order valence-corrected chi connectivity index (χ0v) is 17.7. The number of hydrogen-bond acceptors (Lipinski definition) is 10. The fourth-order valence-corrected chi connectivity index (χ4v) is 2.99. The van der Waals surface area contributed by atoms with Crippen LogP contribution in [0.15, 0.2) is 35.6 Å².